The van der Waals surface area contributed by atoms with E-state index in [1.807, 2.05) is 25.1 Å². The lowest BCUT2D eigenvalue weighted by atomic mass is 9.81. The second-order valence-electron chi connectivity index (χ2n) is 17.1. The summed E-state index contributed by atoms with van der Waals surface area (Å²) < 4.78 is 0. The molecule has 0 unspecified atom stereocenters. The van der Waals surface area contributed by atoms with Gasteiger partial charge < -0.3 is 16.2 Å². The van der Waals surface area contributed by atoms with Gasteiger partial charge in [-0.1, -0.05) is 78.4 Å². The largest absolute Gasteiger partial charge is 0.481 e. The number of nitrogens with two attached hydrogens (primary N) is 1. The summed E-state index contributed by atoms with van der Waals surface area (Å²) in [5.41, 5.74) is 12.2. The van der Waals surface area contributed by atoms with E-state index in [1.54, 1.807) is 19.9 Å². The molecule has 0 aliphatic heterocycles. The van der Waals surface area contributed by atoms with Crippen molar-refractivity contribution in [3.63, 3.8) is 0 Å². The van der Waals surface area contributed by atoms with Crippen LogP contribution in [0.15, 0.2) is 84.4 Å². The van der Waals surface area contributed by atoms with Gasteiger partial charge >= 0.3 is 5.97 Å². The van der Waals surface area contributed by atoms with E-state index >= 15 is 0 Å². The van der Waals surface area contributed by atoms with Gasteiger partial charge in [-0.2, -0.15) is 0 Å². The maximum Gasteiger partial charge on any atom is 0.310 e. The number of rotatable bonds is 12. The van der Waals surface area contributed by atoms with Crippen LogP contribution >= 0.6 is 0 Å². The van der Waals surface area contributed by atoms with E-state index in [2.05, 4.69) is 64.9 Å². The predicted octanol–water partition coefficient (Wildman–Crippen LogP) is 8.21. The first kappa shape index (κ1) is 41.7. The molecule has 3 aromatic rings. The second-order valence-corrected chi connectivity index (χ2v) is 17.1. The van der Waals surface area contributed by atoms with Crippen LogP contribution in [0.2, 0.25) is 0 Å². The molecule has 1 heterocycles. The fourth-order valence-corrected chi connectivity index (χ4v) is 9.47. The molecule has 0 saturated heterocycles. The summed E-state index contributed by atoms with van der Waals surface area (Å²) in [5, 5.41) is 12.0. The molecule has 1 aromatic heterocycles. The highest BCUT2D eigenvalue weighted by molar-refractivity contribution is 5.90. The molecule has 4 fully saturated rings. The van der Waals surface area contributed by atoms with Crippen molar-refractivity contribution in [2.24, 2.45) is 23.7 Å². The number of benzene rings is 2. The molecule has 0 radical (unpaired) electrons. The minimum absolute atomic E-state index is 0.0185. The van der Waals surface area contributed by atoms with Gasteiger partial charge in [-0.25, -0.2) is 4.98 Å². The quantitative estimate of drug-likeness (QED) is 0.156. The summed E-state index contributed by atoms with van der Waals surface area (Å²) in [5.74, 6) is 0.703. The third kappa shape index (κ3) is 10.2. The molecule has 9 heteroatoms. The van der Waals surface area contributed by atoms with Crippen LogP contribution in [0.1, 0.15) is 120 Å². The zero-order valence-corrected chi connectivity index (χ0v) is 33.8. The maximum absolute atomic E-state index is 12.9. The molecule has 0 spiro atoms. The van der Waals surface area contributed by atoms with E-state index in [0.29, 0.717) is 37.4 Å². The van der Waals surface area contributed by atoms with E-state index in [1.165, 1.54) is 42.4 Å². The third-order valence-corrected chi connectivity index (χ3v) is 13.4. The van der Waals surface area contributed by atoms with Crippen LogP contribution in [-0.2, 0) is 41.2 Å². The lowest BCUT2D eigenvalue weighted by Crippen LogP contribution is -2.41. The summed E-state index contributed by atoms with van der Waals surface area (Å²) in [6.07, 6.45) is 14.4. The van der Waals surface area contributed by atoms with Crippen molar-refractivity contribution in [2.45, 2.75) is 128 Å². The van der Waals surface area contributed by atoms with E-state index in [9.17, 15) is 24.0 Å². The Balaban J connectivity index is 0.000000175. The molecule has 4 N–H and O–H groups in total. The van der Waals surface area contributed by atoms with E-state index in [-0.39, 0.29) is 51.8 Å². The van der Waals surface area contributed by atoms with E-state index < -0.39 is 12.0 Å². The summed E-state index contributed by atoms with van der Waals surface area (Å²) in [7, 11) is 0. The number of carbonyl (C=O) groups excluding carboxylic acids is 4. The van der Waals surface area contributed by atoms with Gasteiger partial charge in [-0.3, -0.25) is 24.0 Å². The summed E-state index contributed by atoms with van der Waals surface area (Å²) in [6.45, 7) is 5.26. The number of Topliss-reactive ketones (excluding diaryl/α,β-unsaturated/α-hetero) is 3. The average molecular weight is 774 g/mol. The van der Waals surface area contributed by atoms with Crippen LogP contribution < -0.4 is 11.1 Å². The van der Waals surface area contributed by atoms with Crippen LogP contribution in [0, 0.1) is 30.6 Å². The van der Waals surface area contributed by atoms with Crippen LogP contribution in [0.4, 0.5) is 5.82 Å². The monoisotopic (exact) mass is 773 g/mol. The zero-order chi connectivity index (χ0) is 40.7. The number of aliphatic carboxylic acids is 1. The molecule has 9 nitrogen and oxygen atoms in total. The van der Waals surface area contributed by atoms with Gasteiger partial charge in [0.1, 0.15) is 17.4 Å². The number of carbonyl (C=O) groups is 5. The Morgan fingerprint density at radius 3 is 2.05 bits per heavy atom. The highest BCUT2D eigenvalue weighted by Gasteiger charge is 2.53. The molecule has 5 aliphatic carbocycles. The Kier molecular flexibility index (Phi) is 13.3. The lowest BCUT2D eigenvalue weighted by Gasteiger charge is -2.24. The minimum Gasteiger partial charge on any atom is -0.481 e. The number of anilines is 1. The first-order valence-electron chi connectivity index (χ1n) is 20.9. The molecule has 5 atom stereocenters. The second kappa shape index (κ2) is 18.1. The van der Waals surface area contributed by atoms with Crippen molar-refractivity contribution in [1.29, 1.82) is 0 Å². The number of nitrogens with zero attached hydrogens (tertiary/aromatic N) is 1. The highest BCUT2D eigenvalue weighted by Crippen LogP contribution is 2.59. The van der Waals surface area contributed by atoms with Gasteiger partial charge in [0.2, 0.25) is 5.91 Å². The summed E-state index contributed by atoms with van der Waals surface area (Å²) >= 11 is 0. The number of pyridine rings is 1. The van der Waals surface area contributed by atoms with Crippen LogP contribution in [0.5, 0.6) is 0 Å². The van der Waals surface area contributed by atoms with Crippen molar-refractivity contribution in [1.82, 2.24) is 10.3 Å². The standard InChI is InChI=1S/C26H33N3O2.C15H16O2.C7H10O2/c1-17-19(10-13-24(27)28-17)9-12-23(30)18(2)29-25(31)20-8-11-22(16-20)26(14-15-26)21-6-4-3-5-7-21;16-14(17)11-6-7-13(10-11)15(8-9-15)12-4-2-1-3-5-12;1-5(8)6-2-3-7(9)4-6/h3-7,10,13,18,20,22H,8-9,11-12,14-16H2,1-2H3,(H2,27,28)(H,29,31);1-5,10-11H,6-9H2,(H,16,17);6H,2-4H2,1H3/t18-,20+,22+;11-;6-/m011/s1. The summed E-state index contributed by atoms with van der Waals surface area (Å²) in [6, 6.07) is 24.5. The number of carboxylic acids is 1. The lowest BCUT2D eigenvalue weighted by molar-refractivity contribution is -0.140. The SMILES string of the molecule is CC(=O)[C@@H]1CCC(=O)C1.Cc1nc(N)ccc1CCC(=O)[C@H](C)NC(=O)[C@@H]1CC[C@@H](C2(c3ccccc3)CC2)C1.O=C(O)[C@H]1C=C(C2(c3ccccc3)CC2)CC1. The van der Waals surface area contributed by atoms with E-state index in [0.717, 1.165) is 49.8 Å². The molecule has 0 bridgehead atoms. The number of ketones is 3. The van der Waals surface area contributed by atoms with Gasteiger partial charge in [0.05, 0.1) is 12.0 Å². The number of nitrogens with one attached hydrogen (secondary N) is 1. The Labute approximate surface area is 337 Å². The van der Waals surface area contributed by atoms with Crippen molar-refractivity contribution in [2.75, 3.05) is 5.73 Å². The van der Waals surface area contributed by atoms with Crippen molar-refractivity contribution in [3.8, 4) is 0 Å². The first-order chi connectivity index (χ1) is 27.3. The van der Waals surface area contributed by atoms with Crippen LogP contribution in [0.3, 0.4) is 0 Å². The van der Waals surface area contributed by atoms with Crippen molar-refractivity contribution < 1.29 is 29.1 Å². The van der Waals surface area contributed by atoms with Crippen LogP contribution in [0.25, 0.3) is 0 Å². The number of aromatic nitrogens is 1. The Morgan fingerprint density at radius 1 is 0.860 bits per heavy atom. The van der Waals surface area contributed by atoms with Gasteiger partial charge in [0.15, 0.2) is 5.78 Å². The molecule has 8 rings (SSSR count). The number of aryl methyl sites for hydroxylation is 2. The fourth-order valence-electron chi connectivity index (χ4n) is 9.47. The Hall–Kier alpha value is -4.92. The smallest absolute Gasteiger partial charge is 0.310 e. The predicted molar refractivity (Wildman–Crippen MR) is 221 cm³/mol. The molecule has 5 aliphatic rings. The number of nitrogen functional groups attached to an aromatic ring is 1. The highest BCUT2D eigenvalue weighted by atomic mass is 16.4. The molecule has 1 amide bonds. The Morgan fingerprint density at radius 2 is 1.53 bits per heavy atom. The van der Waals surface area contributed by atoms with E-state index in [4.69, 9.17) is 10.8 Å². The normalized spacial score (nSPS) is 24.1. The topological polar surface area (TPSA) is 157 Å². The molecular weight excluding hydrogens is 715 g/mol. The minimum atomic E-state index is -0.677. The molecule has 302 valence electrons. The first-order valence-corrected chi connectivity index (χ1v) is 20.9. The van der Waals surface area contributed by atoms with Crippen molar-refractivity contribution >= 4 is 35.0 Å². The van der Waals surface area contributed by atoms with Crippen LogP contribution in [-0.4, -0.2) is 45.4 Å². The molecular formula is C48H59N3O6. The van der Waals surface area contributed by atoms with Gasteiger partial charge in [0.25, 0.3) is 0 Å². The van der Waals surface area contributed by atoms with Crippen molar-refractivity contribution in [3.05, 3.63) is 107 Å². The van der Waals surface area contributed by atoms with Gasteiger partial charge in [-0.05, 0) is 125 Å². The molecule has 57 heavy (non-hydrogen) atoms. The number of hydrogen-bond acceptors (Lipinski definition) is 7. The third-order valence-electron chi connectivity index (χ3n) is 13.4. The molecule has 2 aromatic carbocycles. The van der Waals surface area contributed by atoms with Gasteiger partial charge in [0, 0.05) is 42.2 Å². The summed E-state index contributed by atoms with van der Waals surface area (Å²) in [4.78, 5) is 62.0. The Bertz CT molecular complexity index is 1970. The number of allylic oxidation sites excluding steroid dienone is 1. The number of carboxylic acid groups (broad SMARTS) is 1. The fraction of sp³-hybridized carbons (Fsp3) is 0.500. The average Bonchev–Trinajstić information content (AvgIpc) is 3.99. The molecule has 4 saturated carbocycles. The zero-order valence-electron chi connectivity index (χ0n) is 33.8. The maximum atomic E-state index is 12.9. The van der Waals surface area contributed by atoms with Gasteiger partial charge in [-0.15, -0.1) is 0 Å². The number of amides is 1. The number of hydrogen-bond donors (Lipinski definition) is 3.